The Labute approximate surface area is 234 Å². The molecule has 1 atom stereocenters. The van der Waals surface area contributed by atoms with E-state index in [1.807, 2.05) is 54.6 Å². The van der Waals surface area contributed by atoms with E-state index in [1.54, 1.807) is 29.0 Å². The van der Waals surface area contributed by atoms with E-state index in [-0.39, 0.29) is 29.1 Å². The summed E-state index contributed by atoms with van der Waals surface area (Å²) < 4.78 is 7.20. The van der Waals surface area contributed by atoms with Crippen molar-refractivity contribution in [3.05, 3.63) is 106 Å². The SMILES string of the molecule is O=C(NC[C@H]1CCCO1)c1ccc2c(=O)n(Cc3ccccc3)c(SCC(=O)c3c[nH]c4ccccc34)nc2c1. The lowest BCUT2D eigenvalue weighted by atomic mass is 10.1. The molecule has 0 unspecified atom stereocenters. The maximum Gasteiger partial charge on any atom is 0.262 e. The minimum absolute atomic E-state index is 0.0328. The number of hydrogen-bond donors (Lipinski definition) is 2. The molecule has 9 heteroatoms. The predicted molar refractivity (Wildman–Crippen MR) is 156 cm³/mol. The van der Waals surface area contributed by atoms with Crippen molar-refractivity contribution in [3.8, 4) is 0 Å². The minimum atomic E-state index is -0.239. The molecule has 0 spiro atoms. The molecular formula is C31H28N4O4S. The fourth-order valence-electron chi connectivity index (χ4n) is 4.98. The Bertz CT molecular complexity index is 1760. The van der Waals surface area contributed by atoms with Crippen LogP contribution in [0.2, 0.25) is 0 Å². The zero-order valence-corrected chi connectivity index (χ0v) is 22.6. The summed E-state index contributed by atoms with van der Waals surface area (Å²) in [5.41, 5.74) is 3.06. The third-order valence-corrected chi connectivity index (χ3v) is 8.08. The topological polar surface area (TPSA) is 106 Å². The molecule has 5 aromatic rings. The zero-order chi connectivity index (χ0) is 27.5. The standard InChI is InChI=1S/C31H28N4O4S/c36-28(25-17-32-26-11-5-4-10-23(25)26)19-40-31-34-27-15-21(29(37)33-16-22-9-6-14-39-22)12-13-24(27)30(38)35(31)18-20-7-2-1-3-8-20/h1-5,7-8,10-13,15,17,22,32H,6,9,14,16,18-19H2,(H,33,37)/t22-/m1/s1. The molecule has 1 saturated heterocycles. The molecule has 3 aromatic carbocycles. The molecule has 40 heavy (non-hydrogen) atoms. The van der Waals surface area contributed by atoms with E-state index in [4.69, 9.17) is 9.72 Å². The Hall–Kier alpha value is -4.21. The van der Waals surface area contributed by atoms with Gasteiger partial charge in [0.2, 0.25) is 0 Å². The zero-order valence-electron chi connectivity index (χ0n) is 21.8. The number of benzene rings is 3. The quantitative estimate of drug-likeness (QED) is 0.154. The van der Waals surface area contributed by atoms with Gasteiger partial charge in [0.15, 0.2) is 10.9 Å². The molecule has 0 aliphatic carbocycles. The van der Waals surface area contributed by atoms with Gasteiger partial charge in [0.05, 0.1) is 29.3 Å². The minimum Gasteiger partial charge on any atom is -0.376 e. The number of H-pyrrole nitrogens is 1. The summed E-state index contributed by atoms with van der Waals surface area (Å²) in [7, 11) is 0. The van der Waals surface area contributed by atoms with Gasteiger partial charge in [0.25, 0.3) is 11.5 Å². The highest BCUT2D eigenvalue weighted by Crippen LogP contribution is 2.24. The Kier molecular flexibility index (Phi) is 7.48. The summed E-state index contributed by atoms with van der Waals surface area (Å²) in [4.78, 5) is 47.7. The van der Waals surface area contributed by atoms with Crippen molar-refractivity contribution < 1.29 is 14.3 Å². The molecule has 1 aliphatic rings. The van der Waals surface area contributed by atoms with E-state index in [2.05, 4.69) is 10.3 Å². The molecule has 2 N–H and O–H groups in total. The fraction of sp³-hybridized carbons (Fsp3) is 0.226. The average Bonchev–Trinajstić information content (AvgIpc) is 3.67. The van der Waals surface area contributed by atoms with Crippen molar-refractivity contribution >= 4 is 45.3 Å². The summed E-state index contributed by atoms with van der Waals surface area (Å²) in [6.07, 6.45) is 3.68. The van der Waals surface area contributed by atoms with Gasteiger partial charge < -0.3 is 15.0 Å². The van der Waals surface area contributed by atoms with Gasteiger partial charge in [-0.25, -0.2) is 4.98 Å². The largest absolute Gasteiger partial charge is 0.376 e. The van der Waals surface area contributed by atoms with Crippen LogP contribution >= 0.6 is 11.8 Å². The molecule has 2 aromatic heterocycles. The van der Waals surface area contributed by atoms with Crippen molar-refractivity contribution in [2.45, 2.75) is 30.6 Å². The van der Waals surface area contributed by atoms with Gasteiger partial charge in [-0.15, -0.1) is 0 Å². The second-order valence-electron chi connectivity index (χ2n) is 9.81. The number of carbonyl (C=O) groups excluding carboxylic acids is 2. The van der Waals surface area contributed by atoms with Crippen LogP contribution in [0.4, 0.5) is 0 Å². The Balaban J connectivity index is 1.31. The number of nitrogens with zero attached hydrogens (tertiary/aromatic N) is 2. The van der Waals surface area contributed by atoms with Crippen LogP contribution in [0, 0.1) is 0 Å². The lowest BCUT2D eigenvalue weighted by molar-refractivity contribution is 0.0857. The predicted octanol–water partition coefficient (Wildman–Crippen LogP) is 4.81. The first-order valence-corrected chi connectivity index (χ1v) is 14.3. The first-order valence-electron chi connectivity index (χ1n) is 13.3. The first-order chi connectivity index (χ1) is 19.6. The molecule has 1 aliphatic heterocycles. The van der Waals surface area contributed by atoms with Crippen LogP contribution < -0.4 is 10.9 Å². The van der Waals surface area contributed by atoms with E-state index in [9.17, 15) is 14.4 Å². The normalized spacial score (nSPS) is 15.1. The van der Waals surface area contributed by atoms with Crippen LogP contribution in [-0.2, 0) is 11.3 Å². The van der Waals surface area contributed by atoms with Gasteiger partial charge in [-0.1, -0.05) is 60.3 Å². The molecule has 6 rings (SSSR count). The molecular weight excluding hydrogens is 524 g/mol. The van der Waals surface area contributed by atoms with Gasteiger partial charge in [-0.2, -0.15) is 0 Å². The molecule has 0 saturated carbocycles. The number of amides is 1. The smallest absolute Gasteiger partial charge is 0.262 e. The number of ether oxygens (including phenoxy) is 1. The van der Waals surface area contributed by atoms with Crippen LogP contribution in [0.1, 0.15) is 39.1 Å². The number of rotatable bonds is 9. The number of hydrogen-bond acceptors (Lipinski definition) is 6. The monoisotopic (exact) mass is 552 g/mol. The third-order valence-electron chi connectivity index (χ3n) is 7.10. The lowest BCUT2D eigenvalue weighted by Crippen LogP contribution is -2.31. The second-order valence-corrected chi connectivity index (χ2v) is 10.8. The summed E-state index contributed by atoms with van der Waals surface area (Å²) >= 11 is 1.22. The van der Waals surface area contributed by atoms with E-state index in [1.165, 1.54) is 11.8 Å². The van der Waals surface area contributed by atoms with E-state index in [0.29, 0.717) is 40.3 Å². The number of nitrogens with one attached hydrogen (secondary N) is 2. The molecule has 8 nitrogen and oxygen atoms in total. The Morgan fingerprint density at radius 1 is 1.05 bits per heavy atom. The van der Waals surface area contributed by atoms with Crippen LogP contribution in [0.15, 0.2) is 88.9 Å². The molecule has 1 amide bonds. The van der Waals surface area contributed by atoms with Crippen LogP contribution in [0.3, 0.4) is 0 Å². The number of ketones is 1. The maximum atomic E-state index is 13.7. The molecule has 0 radical (unpaired) electrons. The Morgan fingerprint density at radius 3 is 2.70 bits per heavy atom. The highest BCUT2D eigenvalue weighted by Gasteiger charge is 2.19. The Morgan fingerprint density at radius 2 is 1.88 bits per heavy atom. The highest BCUT2D eigenvalue weighted by molar-refractivity contribution is 7.99. The number of aromatic amines is 1. The number of para-hydroxylation sites is 1. The summed E-state index contributed by atoms with van der Waals surface area (Å²) in [5, 5.41) is 4.62. The number of Topliss-reactive ketones (excluding diaryl/α,β-unsaturated/α-hetero) is 1. The lowest BCUT2D eigenvalue weighted by Gasteiger charge is -2.14. The van der Waals surface area contributed by atoms with Gasteiger partial charge in [-0.05, 0) is 42.7 Å². The third kappa shape index (κ3) is 5.43. The fourth-order valence-corrected chi connectivity index (χ4v) is 5.86. The number of fused-ring (bicyclic) bond motifs is 2. The van der Waals surface area contributed by atoms with Crippen LogP contribution in [0.25, 0.3) is 21.8 Å². The number of thioether (sulfide) groups is 1. The molecule has 0 bridgehead atoms. The van der Waals surface area contributed by atoms with Crippen LogP contribution in [0.5, 0.6) is 0 Å². The van der Waals surface area contributed by atoms with Crippen molar-refractivity contribution in [1.29, 1.82) is 0 Å². The van der Waals surface area contributed by atoms with E-state index < -0.39 is 0 Å². The summed E-state index contributed by atoms with van der Waals surface area (Å²) in [5.74, 6) is -0.197. The van der Waals surface area contributed by atoms with E-state index >= 15 is 0 Å². The summed E-state index contributed by atoms with van der Waals surface area (Å²) in [6.45, 7) is 1.48. The van der Waals surface area contributed by atoms with Gasteiger partial charge in [-0.3, -0.25) is 19.0 Å². The van der Waals surface area contributed by atoms with Crippen molar-refractivity contribution in [2.24, 2.45) is 0 Å². The van der Waals surface area contributed by atoms with E-state index in [0.717, 1.165) is 35.9 Å². The summed E-state index contributed by atoms with van der Waals surface area (Å²) in [6, 6.07) is 22.3. The molecule has 1 fully saturated rings. The molecule has 3 heterocycles. The van der Waals surface area contributed by atoms with Crippen molar-refractivity contribution in [3.63, 3.8) is 0 Å². The van der Waals surface area contributed by atoms with Crippen molar-refractivity contribution in [1.82, 2.24) is 19.9 Å². The number of carbonyl (C=O) groups is 2. The van der Waals surface area contributed by atoms with Crippen LogP contribution in [-0.4, -0.2) is 51.2 Å². The van der Waals surface area contributed by atoms with Gasteiger partial charge in [0, 0.05) is 41.4 Å². The number of aromatic nitrogens is 3. The highest BCUT2D eigenvalue weighted by atomic mass is 32.2. The van der Waals surface area contributed by atoms with Gasteiger partial charge in [0.1, 0.15) is 0 Å². The first kappa shape index (κ1) is 26.0. The van der Waals surface area contributed by atoms with Gasteiger partial charge >= 0.3 is 0 Å². The maximum absolute atomic E-state index is 13.7. The average molecular weight is 553 g/mol. The molecule has 202 valence electrons. The second kappa shape index (κ2) is 11.5. The van der Waals surface area contributed by atoms with Crippen molar-refractivity contribution in [2.75, 3.05) is 18.9 Å².